The molecule has 1 aromatic heterocycles. The molecule has 38 heavy (non-hydrogen) atoms. The zero-order chi connectivity index (χ0) is 27.3. The minimum Gasteiger partial charge on any atom is -0.361 e. The minimum absolute atomic E-state index is 0.0453. The minimum atomic E-state index is -2.87. The summed E-state index contributed by atoms with van der Waals surface area (Å²) in [6, 6.07) is 31.7. The number of rotatable bonds is 8. The lowest BCUT2D eigenvalue weighted by Crippen LogP contribution is -2.38. The van der Waals surface area contributed by atoms with Gasteiger partial charge in [0.25, 0.3) is 0 Å². The van der Waals surface area contributed by atoms with Gasteiger partial charge in [0.1, 0.15) is 18.0 Å². The summed E-state index contributed by atoms with van der Waals surface area (Å²) in [6.45, 7) is 9.11. The summed E-state index contributed by atoms with van der Waals surface area (Å²) in [5.41, 5.74) is 2.77. The molecule has 0 amide bonds. The van der Waals surface area contributed by atoms with Crippen molar-refractivity contribution >= 4 is 8.25 Å². The highest BCUT2D eigenvalue weighted by Gasteiger charge is 2.50. The van der Waals surface area contributed by atoms with Crippen LogP contribution in [-0.2, 0) is 14.8 Å². The summed E-state index contributed by atoms with van der Waals surface area (Å²) in [6.07, 6.45) is 2.01. The van der Waals surface area contributed by atoms with Crippen molar-refractivity contribution in [2.75, 3.05) is 0 Å². The van der Waals surface area contributed by atoms with E-state index >= 15 is 0 Å². The highest BCUT2D eigenvalue weighted by atomic mass is 31.1. The molecule has 0 bridgehead atoms. The Labute approximate surface area is 225 Å². The van der Waals surface area contributed by atoms with Crippen molar-refractivity contribution < 1.29 is 19.1 Å². The van der Waals surface area contributed by atoms with Crippen molar-refractivity contribution in [1.82, 2.24) is 14.8 Å². The fourth-order valence-corrected chi connectivity index (χ4v) is 5.66. The summed E-state index contributed by atoms with van der Waals surface area (Å²) < 4.78 is 16.9. The van der Waals surface area contributed by atoms with Gasteiger partial charge in [0.05, 0.1) is 6.10 Å². The second kappa shape index (κ2) is 12.1. The van der Waals surface area contributed by atoms with Crippen LogP contribution in [0.1, 0.15) is 56.3 Å². The van der Waals surface area contributed by atoms with E-state index in [0.717, 1.165) is 22.5 Å². The lowest BCUT2D eigenvalue weighted by molar-refractivity contribution is 0.212. The standard InChI is InChI=1S/C30H33N3O.HO3P/c1-21(2)26(22(3)4)27-28(34-27)29-31-20-33(32-29)30(23-14-8-5-9-15-23,24-16-10-6-11-17-24)25-18-12-7-13-19-25;1-4(2)3/h5-22,26-28H,1-4H3;(H-,1,2,3)/p+1. The van der Waals surface area contributed by atoms with E-state index in [2.05, 4.69) is 119 Å². The molecule has 3 aromatic carbocycles. The molecular weight excluding hydrogens is 497 g/mol. The molecule has 1 saturated heterocycles. The van der Waals surface area contributed by atoms with Crippen LogP contribution in [0, 0.1) is 17.8 Å². The number of benzene rings is 3. The maximum atomic E-state index is 8.70. The lowest BCUT2D eigenvalue weighted by Gasteiger charge is -2.35. The molecule has 0 saturated carbocycles. The van der Waals surface area contributed by atoms with Gasteiger partial charge in [-0.15, -0.1) is 9.79 Å². The second-order valence-electron chi connectivity index (χ2n) is 10.2. The van der Waals surface area contributed by atoms with Crippen LogP contribution in [0.5, 0.6) is 0 Å². The first-order valence-electron chi connectivity index (χ1n) is 12.9. The van der Waals surface area contributed by atoms with Gasteiger partial charge in [0, 0.05) is 4.57 Å². The van der Waals surface area contributed by atoms with Crippen LogP contribution in [0.25, 0.3) is 0 Å². The number of hydrogen-bond donors (Lipinski definition) is 2. The van der Waals surface area contributed by atoms with Crippen LogP contribution < -0.4 is 0 Å². The summed E-state index contributed by atoms with van der Waals surface area (Å²) in [7, 11) is -2.87. The van der Waals surface area contributed by atoms with E-state index in [9.17, 15) is 0 Å². The summed E-state index contributed by atoms with van der Waals surface area (Å²) in [5.74, 6) is 2.35. The summed E-state index contributed by atoms with van der Waals surface area (Å²) in [4.78, 5) is 19.0. The SMILES string of the molecule is CC(C)C(C(C)C)C1OC1c1ncn(C(c2ccccc2)(c2ccccc2)c2ccccc2)n1.O=[P+](O)O. The zero-order valence-corrected chi connectivity index (χ0v) is 23.0. The van der Waals surface area contributed by atoms with Crippen molar-refractivity contribution in [3.8, 4) is 0 Å². The van der Waals surface area contributed by atoms with Crippen LogP contribution in [0.3, 0.4) is 0 Å². The first kappa shape index (κ1) is 27.8. The number of aromatic nitrogens is 3. The third-order valence-corrected chi connectivity index (χ3v) is 7.13. The first-order chi connectivity index (χ1) is 18.3. The van der Waals surface area contributed by atoms with Crippen molar-refractivity contribution in [2.24, 2.45) is 17.8 Å². The molecule has 1 aliphatic rings. The molecule has 2 N–H and O–H groups in total. The van der Waals surface area contributed by atoms with Gasteiger partial charge in [0.15, 0.2) is 5.82 Å². The molecule has 5 rings (SSSR count). The number of nitrogens with zero attached hydrogens (tertiary/aromatic N) is 3. The molecule has 8 heteroatoms. The molecule has 0 aliphatic carbocycles. The van der Waals surface area contributed by atoms with Gasteiger partial charge < -0.3 is 4.74 Å². The third-order valence-electron chi connectivity index (χ3n) is 7.13. The van der Waals surface area contributed by atoms with Crippen LogP contribution in [0.15, 0.2) is 97.3 Å². The van der Waals surface area contributed by atoms with Crippen LogP contribution in [-0.4, -0.2) is 30.7 Å². The van der Waals surface area contributed by atoms with Crippen LogP contribution >= 0.6 is 8.25 Å². The Morgan fingerprint density at radius 1 is 0.789 bits per heavy atom. The Bertz CT molecular complexity index is 1200. The molecule has 7 nitrogen and oxygen atoms in total. The molecular formula is C30H35N3O4P+. The van der Waals surface area contributed by atoms with E-state index in [1.54, 1.807) is 0 Å². The quantitative estimate of drug-likeness (QED) is 0.161. The fraction of sp³-hybridized carbons (Fsp3) is 0.333. The lowest BCUT2D eigenvalue weighted by atomic mass is 9.77. The molecule has 1 aliphatic heterocycles. The molecule has 0 radical (unpaired) electrons. The first-order valence-corrected chi connectivity index (χ1v) is 14.0. The largest absolute Gasteiger partial charge is 0.692 e. The Balaban J connectivity index is 0.000000786. The van der Waals surface area contributed by atoms with Gasteiger partial charge in [-0.2, -0.15) is 5.10 Å². The van der Waals surface area contributed by atoms with E-state index in [0.29, 0.717) is 17.8 Å². The van der Waals surface area contributed by atoms with Gasteiger partial charge in [-0.25, -0.2) is 9.67 Å². The van der Waals surface area contributed by atoms with E-state index in [-0.39, 0.29) is 12.2 Å². The maximum Gasteiger partial charge on any atom is 0.692 e. The van der Waals surface area contributed by atoms with Gasteiger partial charge in [-0.1, -0.05) is 119 Å². The molecule has 2 heterocycles. The number of ether oxygens (including phenoxy) is 1. The summed E-state index contributed by atoms with van der Waals surface area (Å²) in [5, 5.41) is 5.11. The predicted octanol–water partition coefficient (Wildman–Crippen LogP) is 6.11. The average molecular weight is 533 g/mol. The molecule has 198 valence electrons. The Hall–Kier alpha value is -3.22. The monoisotopic (exact) mass is 532 g/mol. The fourth-order valence-electron chi connectivity index (χ4n) is 5.66. The topological polar surface area (TPSA) is 101 Å². The Morgan fingerprint density at radius 3 is 1.55 bits per heavy atom. The van der Waals surface area contributed by atoms with Gasteiger partial charge >= 0.3 is 8.25 Å². The van der Waals surface area contributed by atoms with E-state index in [4.69, 9.17) is 29.2 Å². The van der Waals surface area contributed by atoms with Crippen LogP contribution in [0.4, 0.5) is 0 Å². The Kier molecular flexibility index (Phi) is 8.85. The predicted molar refractivity (Wildman–Crippen MR) is 147 cm³/mol. The molecule has 0 spiro atoms. The average Bonchev–Trinajstić information content (AvgIpc) is 3.51. The van der Waals surface area contributed by atoms with Crippen molar-refractivity contribution in [3.05, 3.63) is 120 Å². The van der Waals surface area contributed by atoms with Crippen LogP contribution in [0.2, 0.25) is 0 Å². The molecule has 4 aromatic rings. The third kappa shape index (κ3) is 5.77. The van der Waals surface area contributed by atoms with Crippen molar-refractivity contribution in [1.29, 1.82) is 0 Å². The van der Waals surface area contributed by atoms with Crippen molar-refractivity contribution in [3.63, 3.8) is 0 Å². The van der Waals surface area contributed by atoms with Gasteiger partial charge in [-0.05, 0) is 34.4 Å². The van der Waals surface area contributed by atoms with E-state index < -0.39 is 13.8 Å². The Morgan fingerprint density at radius 2 is 1.18 bits per heavy atom. The number of hydrogen-bond acceptors (Lipinski definition) is 4. The second-order valence-corrected chi connectivity index (χ2v) is 10.7. The van der Waals surface area contributed by atoms with Gasteiger partial charge in [0.2, 0.25) is 0 Å². The highest BCUT2D eigenvalue weighted by Crippen LogP contribution is 2.47. The molecule has 1 fully saturated rings. The molecule has 2 unspecified atom stereocenters. The smallest absolute Gasteiger partial charge is 0.361 e. The van der Waals surface area contributed by atoms with E-state index in [1.165, 1.54) is 0 Å². The zero-order valence-electron chi connectivity index (χ0n) is 22.1. The number of epoxide rings is 1. The highest BCUT2D eigenvalue weighted by molar-refractivity contribution is 7.30. The van der Waals surface area contributed by atoms with Gasteiger partial charge in [-0.3, -0.25) is 0 Å². The summed E-state index contributed by atoms with van der Waals surface area (Å²) >= 11 is 0. The van der Waals surface area contributed by atoms with Crippen molar-refractivity contribution in [2.45, 2.75) is 45.4 Å². The normalized spacial score (nSPS) is 16.9. The van der Waals surface area contributed by atoms with E-state index in [1.807, 2.05) is 11.0 Å². The molecule has 2 atom stereocenters. The maximum absolute atomic E-state index is 8.70.